The highest BCUT2D eigenvalue weighted by Crippen LogP contribution is 2.61. The van der Waals surface area contributed by atoms with E-state index < -0.39 is 24.2 Å². The lowest BCUT2D eigenvalue weighted by atomic mass is 9.45. The van der Waals surface area contributed by atoms with E-state index >= 15 is 0 Å². The number of nitrogens with zero attached hydrogens (tertiary/aromatic N) is 1. The number of aromatic nitrogens is 1. The van der Waals surface area contributed by atoms with E-state index in [0.717, 1.165) is 34.0 Å². The van der Waals surface area contributed by atoms with E-state index in [1.54, 1.807) is 19.1 Å². The van der Waals surface area contributed by atoms with E-state index in [-0.39, 0.29) is 25.1 Å². The van der Waals surface area contributed by atoms with E-state index in [1.807, 2.05) is 30.5 Å². The van der Waals surface area contributed by atoms with Crippen LogP contribution in [0.15, 0.2) is 48.7 Å². The van der Waals surface area contributed by atoms with E-state index in [9.17, 15) is 15.0 Å². The molecule has 0 spiro atoms. The number of amides is 1. The number of rotatable bonds is 8. The summed E-state index contributed by atoms with van der Waals surface area (Å²) >= 11 is 0. The number of nitrogens with one attached hydrogen (secondary N) is 2. The van der Waals surface area contributed by atoms with Gasteiger partial charge < -0.3 is 25.3 Å². The van der Waals surface area contributed by atoms with Crippen molar-refractivity contribution in [1.82, 2.24) is 15.4 Å². The van der Waals surface area contributed by atoms with Crippen molar-refractivity contribution in [3.8, 4) is 16.9 Å². The third kappa shape index (κ3) is 4.75. The predicted octanol–water partition coefficient (Wildman–Crippen LogP) is 4.50. The van der Waals surface area contributed by atoms with Crippen LogP contribution in [0.2, 0.25) is 0 Å². The van der Waals surface area contributed by atoms with Gasteiger partial charge in [-0.1, -0.05) is 45.0 Å². The zero-order valence-corrected chi connectivity index (χ0v) is 24.6. The molecule has 7 rings (SSSR count). The topological polar surface area (TPSA) is 107 Å². The van der Waals surface area contributed by atoms with Crippen LogP contribution in [0.3, 0.4) is 0 Å². The average molecular weight is 562 g/mol. The molecule has 3 aliphatic carbocycles. The number of methoxy groups -OCH3 is 1. The van der Waals surface area contributed by atoms with Gasteiger partial charge in [-0.05, 0) is 72.1 Å². The first-order chi connectivity index (χ1) is 19.6. The number of para-hydroxylation sites is 1. The molecule has 8 nitrogen and oxygen atoms in total. The summed E-state index contributed by atoms with van der Waals surface area (Å²) in [6, 6.07) is 13.6. The smallest absolute Gasteiger partial charge is 0.240 e. The number of hydrogen-bond acceptors (Lipinski definition) is 6. The second-order valence-corrected chi connectivity index (χ2v) is 13.0. The normalized spacial score (nSPS) is 31.5. The van der Waals surface area contributed by atoms with Gasteiger partial charge in [0.15, 0.2) is 0 Å². The van der Waals surface area contributed by atoms with Crippen LogP contribution in [-0.4, -0.2) is 64.2 Å². The van der Waals surface area contributed by atoms with Crippen molar-refractivity contribution in [2.45, 2.75) is 71.4 Å². The number of carbonyl (C=O) groups is 1. The van der Waals surface area contributed by atoms with Crippen molar-refractivity contribution in [2.75, 3.05) is 13.7 Å². The van der Waals surface area contributed by atoms with E-state index in [2.05, 4.69) is 49.3 Å². The van der Waals surface area contributed by atoms with Gasteiger partial charge in [0.05, 0.1) is 26.4 Å². The lowest BCUT2D eigenvalue weighted by Gasteiger charge is -2.62. The van der Waals surface area contributed by atoms with Crippen LogP contribution >= 0.6 is 0 Å². The summed E-state index contributed by atoms with van der Waals surface area (Å²) in [6.07, 6.45) is 2.59. The molecular formula is C33H43N3O5. The molecule has 0 radical (unpaired) electrons. The van der Waals surface area contributed by atoms with E-state index in [0.29, 0.717) is 28.9 Å². The number of hydroxylamine groups is 2. The summed E-state index contributed by atoms with van der Waals surface area (Å²) in [7, 11) is 1.65. The van der Waals surface area contributed by atoms with E-state index in [1.165, 1.54) is 6.42 Å². The maximum Gasteiger partial charge on any atom is 0.240 e. The van der Waals surface area contributed by atoms with Gasteiger partial charge in [-0.25, -0.2) is 0 Å². The second kappa shape index (κ2) is 10.7. The molecule has 2 heterocycles. The molecule has 8 atom stereocenters. The molecule has 4 fully saturated rings. The third-order valence-electron chi connectivity index (χ3n) is 10.6. The Morgan fingerprint density at radius 2 is 2.05 bits per heavy atom. The molecule has 4 aliphatic rings. The van der Waals surface area contributed by atoms with Crippen molar-refractivity contribution >= 4 is 16.8 Å². The highest BCUT2D eigenvalue weighted by atomic mass is 16.7. The molecule has 1 unspecified atom stereocenters. The van der Waals surface area contributed by atoms with Crippen molar-refractivity contribution in [1.29, 1.82) is 0 Å². The fraction of sp³-hybridized carbons (Fsp3) is 0.545. The first-order valence-corrected chi connectivity index (χ1v) is 14.9. The number of fused-ring (bicyclic) bond motifs is 3. The highest BCUT2D eigenvalue weighted by molar-refractivity contribution is 5.86. The number of ether oxygens (including phenoxy) is 1. The van der Waals surface area contributed by atoms with Gasteiger partial charge in [-0.15, -0.1) is 0 Å². The Hall–Kier alpha value is -2.91. The number of aromatic amines is 1. The standard InChI is InChI=1S/C33H43N3O5/c1-18-25-14-23(33(25,3)4)15-27(18)35-32(39)30-29(19(2)38)28(17-37)41-36(30)16-22-7-6-8-24(31(22)40-5)20-9-10-26-21(13-20)11-12-34-26/h6-13,18-19,23,25,27-30,34,37-38H,14-17H2,1-5H3,(H,35,39)/t18-,19-,23+,25-,27-,28-,29+,30?/m0/s1. The molecular weight excluding hydrogens is 518 g/mol. The van der Waals surface area contributed by atoms with Gasteiger partial charge in [0.2, 0.25) is 5.91 Å². The quantitative estimate of drug-likeness (QED) is 0.323. The Labute approximate surface area is 242 Å². The van der Waals surface area contributed by atoms with Crippen molar-refractivity contribution in [3.63, 3.8) is 0 Å². The molecule has 1 saturated heterocycles. The largest absolute Gasteiger partial charge is 0.496 e. The number of carbonyl (C=O) groups excluding carboxylic acids is 1. The van der Waals surface area contributed by atoms with Gasteiger partial charge in [0, 0.05) is 34.8 Å². The molecule has 8 heteroatoms. The Morgan fingerprint density at radius 1 is 1.24 bits per heavy atom. The van der Waals surface area contributed by atoms with Gasteiger partial charge in [-0.3, -0.25) is 9.63 Å². The minimum Gasteiger partial charge on any atom is -0.496 e. The molecule has 3 aromatic rings. The fourth-order valence-electron chi connectivity index (χ4n) is 8.05. The zero-order valence-electron chi connectivity index (χ0n) is 24.6. The number of aliphatic hydroxyl groups is 2. The molecule has 220 valence electrons. The molecule has 1 amide bonds. The van der Waals surface area contributed by atoms with Crippen molar-refractivity contribution in [3.05, 3.63) is 54.2 Å². The Balaban J connectivity index is 1.28. The summed E-state index contributed by atoms with van der Waals surface area (Å²) in [5, 5.41) is 27.0. The molecule has 3 saturated carbocycles. The minimum atomic E-state index is -0.842. The monoisotopic (exact) mass is 561 g/mol. The maximum absolute atomic E-state index is 14.0. The first-order valence-electron chi connectivity index (χ1n) is 14.9. The summed E-state index contributed by atoms with van der Waals surface area (Å²) in [4.78, 5) is 23.4. The van der Waals surface area contributed by atoms with Crippen LogP contribution < -0.4 is 10.1 Å². The average Bonchev–Trinajstić information content (AvgIpc) is 3.57. The summed E-state index contributed by atoms with van der Waals surface area (Å²) in [5.74, 6) is 1.56. The third-order valence-corrected chi connectivity index (χ3v) is 10.6. The Morgan fingerprint density at radius 3 is 2.73 bits per heavy atom. The number of H-pyrrole nitrogens is 1. The minimum absolute atomic E-state index is 0.0881. The molecule has 1 aliphatic heterocycles. The predicted molar refractivity (Wildman–Crippen MR) is 158 cm³/mol. The van der Waals surface area contributed by atoms with Gasteiger partial charge in [0.25, 0.3) is 0 Å². The number of hydrogen-bond donors (Lipinski definition) is 4. The zero-order chi connectivity index (χ0) is 29.1. The SMILES string of the molecule is COc1c(CN2O[C@@H](CO)[C@@H]([C@H](C)O)C2C(=O)N[C@H]2C[C@H]3C[C@@H]([C@@H]2C)C3(C)C)cccc1-c1ccc2[nH]ccc2c1. The second-order valence-electron chi connectivity index (χ2n) is 13.0. The first kappa shape index (κ1) is 28.2. The molecule has 2 aromatic carbocycles. The lowest BCUT2D eigenvalue weighted by molar-refractivity contribution is -0.183. The Bertz CT molecular complexity index is 1420. The van der Waals surface area contributed by atoms with Gasteiger partial charge in [0.1, 0.15) is 17.9 Å². The molecule has 41 heavy (non-hydrogen) atoms. The molecule has 2 bridgehead atoms. The lowest BCUT2D eigenvalue weighted by Crippen LogP contribution is -2.62. The number of benzene rings is 2. The maximum atomic E-state index is 14.0. The van der Waals surface area contributed by atoms with Crippen molar-refractivity contribution < 1.29 is 24.6 Å². The molecule has 1 aromatic heterocycles. The van der Waals surface area contributed by atoms with Crippen LogP contribution in [0.4, 0.5) is 0 Å². The van der Waals surface area contributed by atoms with Gasteiger partial charge in [-0.2, -0.15) is 5.06 Å². The van der Waals surface area contributed by atoms with E-state index in [4.69, 9.17) is 9.57 Å². The van der Waals surface area contributed by atoms with Crippen LogP contribution in [0.1, 0.15) is 46.1 Å². The summed E-state index contributed by atoms with van der Waals surface area (Å²) < 4.78 is 5.94. The summed E-state index contributed by atoms with van der Waals surface area (Å²) in [5.41, 5.74) is 4.21. The number of aliphatic hydroxyl groups excluding tert-OH is 2. The van der Waals surface area contributed by atoms with Crippen LogP contribution in [-0.2, 0) is 16.2 Å². The highest BCUT2D eigenvalue weighted by Gasteiger charge is 2.57. The van der Waals surface area contributed by atoms with Crippen LogP contribution in [0.5, 0.6) is 5.75 Å². The fourth-order valence-corrected chi connectivity index (χ4v) is 8.05. The van der Waals surface area contributed by atoms with Gasteiger partial charge >= 0.3 is 0 Å². The summed E-state index contributed by atoms with van der Waals surface area (Å²) in [6.45, 7) is 8.58. The Kier molecular flexibility index (Phi) is 7.39. The van der Waals surface area contributed by atoms with Crippen LogP contribution in [0, 0.1) is 29.1 Å². The molecule has 4 N–H and O–H groups in total. The van der Waals surface area contributed by atoms with Crippen LogP contribution in [0.25, 0.3) is 22.0 Å². The van der Waals surface area contributed by atoms with Crippen molar-refractivity contribution in [2.24, 2.45) is 29.1 Å².